The number of hydrogen-bond donors (Lipinski definition) is 1. The number of piperazine rings is 1. The number of carbonyl (C=O) groups excluding carboxylic acids is 2. The van der Waals surface area contributed by atoms with Crippen LogP contribution < -0.4 is 10.2 Å². The molecule has 0 bridgehead atoms. The van der Waals surface area contributed by atoms with Crippen LogP contribution in [0.25, 0.3) is 0 Å². The number of amides is 2. The lowest BCUT2D eigenvalue weighted by Gasteiger charge is -2.34. The van der Waals surface area contributed by atoms with E-state index in [4.69, 9.17) is 0 Å². The van der Waals surface area contributed by atoms with E-state index >= 15 is 0 Å². The van der Waals surface area contributed by atoms with Crippen molar-refractivity contribution in [2.45, 2.75) is 44.6 Å². The van der Waals surface area contributed by atoms with E-state index in [1.54, 1.807) is 17.3 Å². The highest BCUT2D eigenvalue weighted by molar-refractivity contribution is 5.95. The summed E-state index contributed by atoms with van der Waals surface area (Å²) in [4.78, 5) is 31.5. The molecule has 3 rings (SSSR count). The van der Waals surface area contributed by atoms with Gasteiger partial charge in [-0.2, -0.15) is 0 Å². The third kappa shape index (κ3) is 4.24. The summed E-state index contributed by atoms with van der Waals surface area (Å²) < 4.78 is 0. The van der Waals surface area contributed by atoms with Gasteiger partial charge >= 0.3 is 0 Å². The van der Waals surface area contributed by atoms with Gasteiger partial charge in [-0.3, -0.25) is 14.6 Å². The monoisotopic (exact) mass is 330 g/mol. The molecule has 1 aliphatic heterocycles. The van der Waals surface area contributed by atoms with Gasteiger partial charge in [0.1, 0.15) is 0 Å². The Kier molecular flexibility index (Phi) is 5.67. The first-order valence-corrected chi connectivity index (χ1v) is 8.96. The smallest absolute Gasteiger partial charge is 0.253 e. The third-order valence-corrected chi connectivity index (χ3v) is 5.00. The van der Waals surface area contributed by atoms with Gasteiger partial charge in [0.05, 0.1) is 17.4 Å². The van der Waals surface area contributed by atoms with Crippen LogP contribution in [0, 0.1) is 0 Å². The van der Waals surface area contributed by atoms with E-state index in [-0.39, 0.29) is 5.91 Å². The summed E-state index contributed by atoms with van der Waals surface area (Å²) in [6, 6.07) is 2.20. The minimum atomic E-state index is -0.0252. The standard InChI is InChI=1S/C18H26N4O2/c23-14-21-7-9-22(10-8-21)17-11-15(12-19-13-17)18(24)20-16-5-3-1-2-4-6-16/h11-14,16H,1-10H2,(H,20,24). The molecule has 6 nitrogen and oxygen atoms in total. The van der Waals surface area contributed by atoms with E-state index in [1.165, 1.54) is 25.7 Å². The molecule has 1 aliphatic carbocycles. The first kappa shape index (κ1) is 16.7. The van der Waals surface area contributed by atoms with Crippen molar-refractivity contribution in [1.82, 2.24) is 15.2 Å². The maximum Gasteiger partial charge on any atom is 0.253 e. The Morgan fingerprint density at radius 2 is 1.79 bits per heavy atom. The number of hydrogen-bond acceptors (Lipinski definition) is 4. The van der Waals surface area contributed by atoms with Gasteiger partial charge in [0, 0.05) is 38.4 Å². The largest absolute Gasteiger partial charge is 0.367 e. The molecule has 0 radical (unpaired) electrons. The molecule has 130 valence electrons. The lowest BCUT2D eigenvalue weighted by molar-refractivity contribution is -0.118. The molecule has 2 fully saturated rings. The van der Waals surface area contributed by atoms with E-state index in [2.05, 4.69) is 15.2 Å². The van der Waals surface area contributed by atoms with Crippen molar-refractivity contribution >= 4 is 18.0 Å². The molecule has 2 amide bonds. The number of anilines is 1. The minimum absolute atomic E-state index is 0.0252. The van der Waals surface area contributed by atoms with Crippen LogP contribution in [0.5, 0.6) is 0 Å². The number of nitrogens with one attached hydrogen (secondary N) is 1. The SMILES string of the molecule is O=CN1CCN(c2cncc(C(=O)NC3CCCCCC3)c2)CC1. The summed E-state index contributed by atoms with van der Waals surface area (Å²) in [6.45, 7) is 2.96. The van der Waals surface area contributed by atoms with Gasteiger partial charge in [0.15, 0.2) is 0 Å². The molecule has 24 heavy (non-hydrogen) atoms. The molecule has 6 heteroatoms. The Morgan fingerprint density at radius 1 is 1.08 bits per heavy atom. The van der Waals surface area contributed by atoms with E-state index < -0.39 is 0 Å². The Bertz CT molecular complexity index is 562. The van der Waals surface area contributed by atoms with Crippen LogP contribution >= 0.6 is 0 Å². The van der Waals surface area contributed by atoms with Crippen LogP contribution in [0.15, 0.2) is 18.5 Å². The van der Waals surface area contributed by atoms with Crippen LogP contribution in [0.3, 0.4) is 0 Å². The molecule has 0 aromatic carbocycles. The van der Waals surface area contributed by atoms with E-state index in [0.29, 0.717) is 24.7 Å². The molecule has 1 aromatic rings. The van der Waals surface area contributed by atoms with Crippen LogP contribution in [-0.2, 0) is 4.79 Å². The maximum atomic E-state index is 12.5. The van der Waals surface area contributed by atoms with Gasteiger partial charge in [-0.1, -0.05) is 25.7 Å². The van der Waals surface area contributed by atoms with Gasteiger partial charge in [-0.05, 0) is 18.9 Å². The van der Waals surface area contributed by atoms with Crippen LogP contribution in [0.4, 0.5) is 5.69 Å². The van der Waals surface area contributed by atoms with Gasteiger partial charge in [-0.25, -0.2) is 0 Å². The fraction of sp³-hybridized carbons (Fsp3) is 0.611. The minimum Gasteiger partial charge on any atom is -0.367 e. The van der Waals surface area contributed by atoms with Crippen LogP contribution in [0.1, 0.15) is 48.9 Å². The summed E-state index contributed by atoms with van der Waals surface area (Å²) in [7, 11) is 0. The van der Waals surface area contributed by atoms with Gasteiger partial charge in [0.2, 0.25) is 6.41 Å². The highest BCUT2D eigenvalue weighted by Crippen LogP contribution is 2.19. The second kappa shape index (κ2) is 8.13. The normalized spacial score (nSPS) is 19.7. The second-order valence-electron chi connectivity index (χ2n) is 6.72. The number of nitrogens with zero attached hydrogens (tertiary/aromatic N) is 3. The van der Waals surface area contributed by atoms with Gasteiger partial charge in [-0.15, -0.1) is 0 Å². The Balaban J connectivity index is 1.62. The molecular formula is C18H26N4O2. The summed E-state index contributed by atoms with van der Waals surface area (Å²) >= 11 is 0. The lowest BCUT2D eigenvalue weighted by atomic mass is 10.1. The van der Waals surface area contributed by atoms with Crippen molar-refractivity contribution in [2.75, 3.05) is 31.1 Å². The maximum absolute atomic E-state index is 12.5. The Hall–Kier alpha value is -2.11. The fourth-order valence-electron chi connectivity index (χ4n) is 3.50. The van der Waals surface area contributed by atoms with Crippen molar-refractivity contribution in [2.24, 2.45) is 0 Å². The molecule has 1 saturated heterocycles. The summed E-state index contributed by atoms with van der Waals surface area (Å²) in [5.74, 6) is -0.0252. The predicted molar refractivity (Wildman–Crippen MR) is 93.0 cm³/mol. The van der Waals surface area contributed by atoms with E-state index in [9.17, 15) is 9.59 Å². The molecule has 0 unspecified atom stereocenters. The zero-order valence-electron chi connectivity index (χ0n) is 14.1. The first-order chi connectivity index (χ1) is 11.8. The lowest BCUT2D eigenvalue weighted by Crippen LogP contribution is -2.45. The van der Waals surface area contributed by atoms with E-state index in [0.717, 1.165) is 38.0 Å². The van der Waals surface area contributed by atoms with Crippen molar-refractivity contribution in [3.8, 4) is 0 Å². The first-order valence-electron chi connectivity index (χ1n) is 8.96. The summed E-state index contributed by atoms with van der Waals surface area (Å²) in [5, 5.41) is 3.17. The molecule has 2 aliphatic rings. The van der Waals surface area contributed by atoms with Crippen LogP contribution in [0.2, 0.25) is 0 Å². The van der Waals surface area contributed by atoms with E-state index in [1.807, 2.05) is 6.07 Å². The van der Waals surface area contributed by atoms with Crippen molar-refractivity contribution in [3.63, 3.8) is 0 Å². The Morgan fingerprint density at radius 3 is 2.46 bits per heavy atom. The highest BCUT2D eigenvalue weighted by Gasteiger charge is 2.19. The zero-order chi connectivity index (χ0) is 16.8. The van der Waals surface area contributed by atoms with Crippen molar-refractivity contribution in [3.05, 3.63) is 24.0 Å². The topological polar surface area (TPSA) is 65.5 Å². The van der Waals surface area contributed by atoms with Crippen molar-refractivity contribution < 1.29 is 9.59 Å². The quantitative estimate of drug-likeness (QED) is 0.675. The predicted octanol–water partition coefficient (Wildman–Crippen LogP) is 1.81. The molecule has 1 saturated carbocycles. The third-order valence-electron chi connectivity index (χ3n) is 5.00. The van der Waals surface area contributed by atoms with Gasteiger partial charge < -0.3 is 15.1 Å². The second-order valence-corrected chi connectivity index (χ2v) is 6.72. The number of aromatic nitrogens is 1. The zero-order valence-corrected chi connectivity index (χ0v) is 14.1. The molecule has 1 aromatic heterocycles. The number of rotatable bonds is 4. The highest BCUT2D eigenvalue weighted by atomic mass is 16.1. The van der Waals surface area contributed by atoms with Crippen LogP contribution in [-0.4, -0.2) is 54.4 Å². The van der Waals surface area contributed by atoms with Crippen molar-refractivity contribution in [1.29, 1.82) is 0 Å². The number of carbonyl (C=O) groups is 2. The molecule has 0 atom stereocenters. The average Bonchev–Trinajstić information content (AvgIpc) is 2.90. The molecular weight excluding hydrogens is 304 g/mol. The fourth-order valence-corrected chi connectivity index (χ4v) is 3.50. The summed E-state index contributed by atoms with van der Waals surface area (Å²) in [5.41, 5.74) is 1.57. The summed E-state index contributed by atoms with van der Waals surface area (Å²) in [6.07, 6.45) is 11.4. The molecule has 1 N–H and O–H groups in total. The molecule has 0 spiro atoms. The average molecular weight is 330 g/mol. The Labute approximate surface area is 143 Å². The number of pyridine rings is 1. The molecule has 2 heterocycles. The van der Waals surface area contributed by atoms with Gasteiger partial charge in [0.25, 0.3) is 5.91 Å².